The third-order valence-electron chi connectivity index (χ3n) is 7.38. The maximum Gasteiger partial charge on any atom is 0.319 e. The van der Waals surface area contributed by atoms with Gasteiger partial charge in [-0.2, -0.15) is 15.1 Å². The van der Waals surface area contributed by atoms with Crippen molar-refractivity contribution in [1.82, 2.24) is 30.0 Å². The molecule has 38 heavy (non-hydrogen) atoms. The normalized spacial score (nSPS) is 18.9. The van der Waals surface area contributed by atoms with Crippen molar-refractivity contribution in [2.45, 2.75) is 31.5 Å². The highest BCUT2D eigenvalue weighted by atomic mass is 35.5. The van der Waals surface area contributed by atoms with Gasteiger partial charge in [0.2, 0.25) is 0 Å². The Bertz CT molecular complexity index is 1630. The zero-order valence-electron chi connectivity index (χ0n) is 20.5. The van der Waals surface area contributed by atoms with Gasteiger partial charge in [0.05, 0.1) is 11.9 Å². The molecule has 7 rings (SSSR count). The summed E-state index contributed by atoms with van der Waals surface area (Å²) in [6, 6.07) is 14.1. The number of hydrogen-bond acceptors (Lipinski definition) is 7. The Hall–Kier alpha value is -3.82. The van der Waals surface area contributed by atoms with Crippen LogP contribution >= 0.6 is 11.6 Å². The third kappa shape index (κ3) is 4.12. The van der Waals surface area contributed by atoms with E-state index in [-0.39, 0.29) is 17.2 Å². The Morgan fingerprint density at radius 1 is 1.05 bits per heavy atom. The van der Waals surface area contributed by atoms with Crippen LogP contribution in [-0.4, -0.2) is 56.5 Å². The van der Waals surface area contributed by atoms with Crippen LogP contribution in [0.2, 0.25) is 5.02 Å². The number of ether oxygens (including phenoxy) is 1. The van der Waals surface area contributed by atoms with Crippen LogP contribution in [0.25, 0.3) is 32.9 Å². The number of piperazine rings is 1. The van der Waals surface area contributed by atoms with Gasteiger partial charge >= 0.3 is 6.01 Å². The van der Waals surface area contributed by atoms with Crippen molar-refractivity contribution in [3.8, 4) is 17.3 Å². The minimum Gasteiger partial charge on any atom is -0.461 e. The van der Waals surface area contributed by atoms with Gasteiger partial charge in [-0.25, -0.2) is 4.39 Å². The fourth-order valence-electron chi connectivity index (χ4n) is 5.64. The zero-order valence-corrected chi connectivity index (χ0v) is 21.3. The average molecular weight is 530 g/mol. The zero-order chi connectivity index (χ0) is 25.6. The van der Waals surface area contributed by atoms with Gasteiger partial charge < -0.3 is 15.0 Å². The summed E-state index contributed by atoms with van der Waals surface area (Å²) in [7, 11) is 0. The van der Waals surface area contributed by atoms with Gasteiger partial charge in [0.1, 0.15) is 23.6 Å². The minimum atomic E-state index is -0.520. The molecule has 2 bridgehead atoms. The second-order valence-corrected chi connectivity index (χ2v) is 10.2. The van der Waals surface area contributed by atoms with Gasteiger partial charge in [-0.15, -0.1) is 0 Å². The number of hydrogen-bond donors (Lipinski definition) is 1. The summed E-state index contributed by atoms with van der Waals surface area (Å²) < 4.78 is 24.1. The van der Waals surface area contributed by atoms with Crippen LogP contribution in [0.5, 0.6) is 6.01 Å². The van der Waals surface area contributed by atoms with Crippen molar-refractivity contribution < 1.29 is 9.13 Å². The number of benzene rings is 2. The van der Waals surface area contributed by atoms with E-state index in [1.807, 2.05) is 42.6 Å². The molecule has 192 valence electrons. The SMILES string of the molecule is Fc1c(-c2cccc3cccc(Cl)c23)ncc2c(N3C[C@H]4CC[C@@H](C3)N4)nc(OCCn3cccn3)nc12. The van der Waals surface area contributed by atoms with Crippen molar-refractivity contribution in [1.29, 1.82) is 0 Å². The van der Waals surface area contributed by atoms with E-state index in [4.69, 9.17) is 21.3 Å². The van der Waals surface area contributed by atoms with E-state index in [1.165, 1.54) is 0 Å². The van der Waals surface area contributed by atoms with Crippen molar-refractivity contribution >= 4 is 39.1 Å². The minimum absolute atomic E-state index is 0.137. The highest BCUT2D eigenvalue weighted by Gasteiger charge is 2.34. The Labute approximate surface area is 223 Å². The lowest BCUT2D eigenvalue weighted by molar-refractivity contribution is 0.270. The molecule has 3 aromatic heterocycles. The maximum atomic E-state index is 16.4. The summed E-state index contributed by atoms with van der Waals surface area (Å²) >= 11 is 6.55. The molecule has 1 N–H and O–H groups in total. The molecule has 0 amide bonds. The van der Waals surface area contributed by atoms with Crippen LogP contribution in [-0.2, 0) is 6.54 Å². The first-order valence-electron chi connectivity index (χ1n) is 12.8. The number of pyridine rings is 1. The second-order valence-electron chi connectivity index (χ2n) is 9.82. The van der Waals surface area contributed by atoms with E-state index in [0.29, 0.717) is 47.0 Å². The van der Waals surface area contributed by atoms with Crippen LogP contribution in [0.1, 0.15) is 12.8 Å². The van der Waals surface area contributed by atoms with Gasteiger partial charge in [0, 0.05) is 59.7 Å². The number of nitrogens with zero attached hydrogens (tertiary/aromatic N) is 6. The smallest absolute Gasteiger partial charge is 0.319 e. The molecule has 2 atom stereocenters. The lowest BCUT2D eigenvalue weighted by Crippen LogP contribution is -2.51. The third-order valence-corrected chi connectivity index (χ3v) is 7.69. The molecule has 10 heteroatoms. The van der Waals surface area contributed by atoms with E-state index >= 15 is 4.39 Å². The first-order chi connectivity index (χ1) is 18.6. The molecular weight excluding hydrogens is 505 g/mol. The Kier molecular flexibility index (Phi) is 5.82. The number of aromatic nitrogens is 5. The van der Waals surface area contributed by atoms with Crippen molar-refractivity contribution in [2.24, 2.45) is 0 Å². The van der Waals surface area contributed by atoms with E-state index < -0.39 is 5.82 Å². The van der Waals surface area contributed by atoms with Gasteiger partial charge in [0.15, 0.2) is 5.82 Å². The highest BCUT2D eigenvalue weighted by Crippen LogP contribution is 2.38. The van der Waals surface area contributed by atoms with Gasteiger partial charge in [-0.05, 0) is 30.4 Å². The Morgan fingerprint density at radius 3 is 2.66 bits per heavy atom. The van der Waals surface area contributed by atoms with Crippen molar-refractivity contribution in [2.75, 3.05) is 24.6 Å². The lowest BCUT2D eigenvalue weighted by Gasteiger charge is -2.34. The van der Waals surface area contributed by atoms with Crippen LogP contribution in [0, 0.1) is 5.82 Å². The van der Waals surface area contributed by atoms with Crippen molar-refractivity contribution in [3.63, 3.8) is 0 Å². The van der Waals surface area contributed by atoms with Crippen LogP contribution in [0.4, 0.5) is 10.2 Å². The standard InChI is InChI=1S/C28H25ClFN7O/c29-22-7-2-5-17-4-1-6-20(23(17)22)25-24(30)26-21(14-31-25)27(36-15-18-8-9-19(16-36)33-18)35-28(34-26)38-13-12-37-11-3-10-32-37/h1-7,10-11,14,18-19,33H,8-9,12-13,15-16H2/t18-,19+. The van der Waals surface area contributed by atoms with Crippen LogP contribution < -0.4 is 15.0 Å². The summed E-state index contributed by atoms with van der Waals surface area (Å²) in [6.45, 7) is 2.41. The van der Waals surface area contributed by atoms with Crippen molar-refractivity contribution in [3.05, 3.63) is 71.9 Å². The van der Waals surface area contributed by atoms with E-state index in [9.17, 15) is 0 Å². The predicted octanol–water partition coefficient (Wildman–Crippen LogP) is 4.85. The van der Waals surface area contributed by atoms with E-state index in [0.717, 1.165) is 36.7 Å². The number of fused-ring (bicyclic) bond motifs is 4. The second kappa shape index (κ2) is 9.49. The molecule has 2 saturated heterocycles. The van der Waals surface area contributed by atoms with E-state index in [2.05, 4.69) is 25.3 Å². The number of rotatable bonds is 6. The highest BCUT2D eigenvalue weighted by molar-refractivity contribution is 6.36. The first-order valence-corrected chi connectivity index (χ1v) is 13.2. The monoisotopic (exact) mass is 529 g/mol. The Balaban J connectivity index is 1.34. The number of nitrogens with one attached hydrogen (secondary N) is 1. The molecule has 2 aliphatic rings. The molecule has 0 aliphatic carbocycles. The molecule has 0 radical (unpaired) electrons. The fourth-order valence-corrected chi connectivity index (χ4v) is 5.92. The summed E-state index contributed by atoms with van der Waals surface area (Å²) in [5.74, 6) is 0.130. The predicted molar refractivity (Wildman–Crippen MR) is 145 cm³/mol. The Morgan fingerprint density at radius 2 is 1.87 bits per heavy atom. The number of anilines is 1. The molecule has 2 aliphatic heterocycles. The van der Waals surface area contributed by atoms with E-state index in [1.54, 1.807) is 23.1 Å². The summed E-state index contributed by atoms with van der Waals surface area (Å²) in [4.78, 5) is 16.1. The topological polar surface area (TPSA) is 81.0 Å². The molecule has 5 aromatic rings. The van der Waals surface area contributed by atoms with Gasteiger partial charge in [-0.1, -0.05) is 41.9 Å². The summed E-state index contributed by atoms with van der Waals surface area (Å²) in [5.41, 5.74) is 1.00. The van der Waals surface area contributed by atoms with Gasteiger partial charge in [0.25, 0.3) is 0 Å². The molecule has 0 spiro atoms. The lowest BCUT2D eigenvalue weighted by atomic mass is 10.0. The van der Waals surface area contributed by atoms with Crippen LogP contribution in [0.3, 0.4) is 0 Å². The quantitative estimate of drug-likeness (QED) is 0.336. The van der Waals surface area contributed by atoms with Crippen LogP contribution in [0.15, 0.2) is 61.1 Å². The van der Waals surface area contributed by atoms with Gasteiger partial charge in [-0.3, -0.25) is 9.67 Å². The molecule has 2 aromatic carbocycles. The molecule has 8 nitrogen and oxygen atoms in total. The molecule has 0 saturated carbocycles. The average Bonchev–Trinajstić information content (AvgIpc) is 3.57. The number of halogens is 2. The summed E-state index contributed by atoms with van der Waals surface area (Å²) in [6.07, 6.45) is 7.49. The molecule has 2 fully saturated rings. The largest absolute Gasteiger partial charge is 0.461 e. The fraction of sp³-hybridized carbons (Fsp3) is 0.286. The first kappa shape index (κ1) is 23.3. The summed E-state index contributed by atoms with van der Waals surface area (Å²) in [5, 5.41) is 10.6. The molecular formula is C28H25ClFN7O. The maximum absolute atomic E-state index is 16.4. The molecule has 5 heterocycles. The molecule has 0 unspecified atom stereocenters.